The summed E-state index contributed by atoms with van der Waals surface area (Å²) in [6.07, 6.45) is 3.38. The number of hydrogen-bond acceptors (Lipinski definition) is 6. The van der Waals surface area contributed by atoms with Crippen molar-refractivity contribution in [2.75, 3.05) is 50.4 Å². The number of piperazine rings is 1. The number of pyridine rings is 1. The minimum Gasteiger partial charge on any atom is -0.370 e. The Balaban J connectivity index is 1.51. The number of anilines is 1. The Morgan fingerprint density at radius 2 is 1.68 bits per heavy atom. The van der Waals surface area contributed by atoms with E-state index in [0.29, 0.717) is 31.6 Å². The van der Waals surface area contributed by atoms with Gasteiger partial charge in [0.05, 0.1) is 29.0 Å². The third kappa shape index (κ3) is 4.70. The first-order valence-corrected chi connectivity index (χ1v) is 14.2. The number of benzene rings is 2. The number of carbonyl (C=O) groups excluding carboxylic acids is 1. The van der Waals surface area contributed by atoms with Crippen molar-refractivity contribution in [2.45, 2.75) is 18.3 Å². The highest BCUT2D eigenvalue weighted by atomic mass is 32.2. The maximum absolute atomic E-state index is 14.7. The van der Waals surface area contributed by atoms with Crippen LogP contribution in [0.4, 0.5) is 14.5 Å². The summed E-state index contributed by atoms with van der Waals surface area (Å²) in [7, 11) is -3.37. The zero-order valence-corrected chi connectivity index (χ0v) is 21.7. The molecule has 5 rings (SSSR count). The highest BCUT2D eigenvalue weighted by molar-refractivity contribution is 7.88. The Labute approximate surface area is 220 Å². The Kier molecular flexibility index (Phi) is 6.79. The predicted molar refractivity (Wildman–Crippen MR) is 139 cm³/mol. The predicted octanol–water partition coefficient (Wildman–Crippen LogP) is 3.29. The summed E-state index contributed by atoms with van der Waals surface area (Å²) in [4.78, 5) is 21.3. The maximum atomic E-state index is 14.7. The number of piperidine rings is 1. The van der Waals surface area contributed by atoms with E-state index in [2.05, 4.69) is 11.1 Å². The smallest absolute Gasteiger partial charge is 0.257 e. The average Bonchev–Trinajstić information content (AvgIpc) is 2.92. The molecule has 1 aromatic heterocycles. The van der Waals surface area contributed by atoms with Gasteiger partial charge in [-0.15, -0.1) is 0 Å². The fraction of sp³-hybridized carbons (Fsp3) is 0.370. The SMILES string of the molecule is CS(=O)(=O)N1CCN(C(=O)c2cnc3c(F)cc(F)cc3c2N2CCC(C#N)(c3ccccc3)CC2)CC1. The molecule has 2 aliphatic heterocycles. The van der Waals surface area contributed by atoms with Crippen molar-refractivity contribution in [1.29, 1.82) is 5.26 Å². The summed E-state index contributed by atoms with van der Waals surface area (Å²) in [6.45, 7) is 1.48. The van der Waals surface area contributed by atoms with Gasteiger partial charge in [0.25, 0.3) is 5.91 Å². The number of aromatic nitrogens is 1. The summed E-state index contributed by atoms with van der Waals surface area (Å²) in [5.74, 6) is -1.99. The van der Waals surface area contributed by atoms with Crippen molar-refractivity contribution in [2.24, 2.45) is 0 Å². The van der Waals surface area contributed by atoms with E-state index in [1.165, 1.54) is 21.5 Å². The first-order valence-electron chi connectivity index (χ1n) is 12.4. The molecule has 0 unspecified atom stereocenters. The van der Waals surface area contributed by atoms with Gasteiger partial charge in [0.15, 0.2) is 5.82 Å². The van der Waals surface area contributed by atoms with Gasteiger partial charge >= 0.3 is 0 Å². The second-order valence-electron chi connectivity index (χ2n) is 9.81. The molecule has 3 heterocycles. The molecule has 0 radical (unpaired) electrons. The lowest BCUT2D eigenvalue weighted by Gasteiger charge is -2.40. The third-order valence-corrected chi connectivity index (χ3v) is 8.86. The zero-order chi connectivity index (χ0) is 27.1. The molecule has 2 fully saturated rings. The van der Waals surface area contributed by atoms with Crippen LogP contribution in [-0.4, -0.2) is 74.0 Å². The van der Waals surface area contributed by atoms with Crippen molar-refractivity contribution in [3.8, 4) is 6.07 Å². The molecule has 2 aromatic carbocycles. The molecular weight excluding hydrogens is 512 g/mol. The Hall–Kier alpha value is -3.62. The van der Waals surface area contributed by atoms with Crippen molar-refractivity contribution < 1.29 is 22.0 Å². The standard InChI is InChI=1S/C27H27F2N5O3S/c1-38(36,37)34-13-11-33(12-14-34)26(35)22-17-31-24-21(15-20(28)16-23(24)29)25(22)32-9-7-27(18-30,8-10-32)19-5-3-2-4-6-19/h2-6,15-17H,7-14H2,1H3. The number of sulfonamides is 1. The number of carbonyl (C=O) groups is 1. The van der Waals surface area contributed by atoms with Gasteiger partial charge in [0.2, 0.25) is 10.0 Å². The van der Waals surface area contributed by atoms with Crippen molar-refractivity contribution in [3.05, 3.63) is 71.4 Å². The fourth-order valence-corrected chi connectivity index (χ4v) is 6.26. The number of nitrogens with zero attached hydrogens (tertiary/aromatic N) is 5. The van der Waals surface area contributed by atoms with Crippen LogP contribution in [-0.2, 0) is 15.4 Å². The highest BCUT2D eigenvalue weighted by Crippen LogP contribution is 2.40. The molecule has 0 atom stereocenters. The number of nitriles is 1. The molecule has 0 bridgehead atoms. The monoisotopic (exact) mass is 539 g/mol. The normalized spacial score (nSPS) is 18.4. The van der Waals surface area contributed by atoms with Crippen LogP contribution in [0, 0.1) is 23.0 Å². The van der Waals surface area contributed by atoms with Crippen molar-refractivity contribution >= 4 is 32.5 Å². The number of halogens is 2. The quantitative estimate of drug-likeness (QED) is 0.505. The molecular formula is C27H27F2N5O3S. The Morgan fingerprint density at radius 1 is 1.03 bits per heavy atom. The van der Waals surface area contributed by atoms with E-state index >= 15 is 0 Å². The number of hydrogen-bond donors (Lipinski definition) is 0. The van der Waals surface area contributed by atoms with E-state index < -0.39 is 27.1 Å². The second-order valence-corrected chi connectivity index (χ2v) is 11.8. The zero-order valence-electron chi connectivity index (χ0n) is 20.9. The van der Waals surface area contributed by atoms with Crippen LogP contribution >= 0.6 is 0 Å². The topological polar surface area (TPSA) is 97.6 Å². The van der Waals surface area contributed by atoms with Gasteiger partial charge in [-0.1, -0.05) is 30.3 Å². The van der Waals surface area contributed by atoms with E-state index in [1.54, 1.807) is 0 Å². The minimum absolute atomic E-state index is 0.0416. The third-order valence-electron chi connectivity index (χ3n) is 7.56. The number of amides is 1. The van der Waals surface area contributed by atoms with Crippen LogP contribution in [0.2, 0.25) is 0 Å². The van der Waals surface area contributed by atoms with Crippen LogP contribution in [0.5, 0.6) is 0 Å². The molecule has 198 valence electrons. The average molecular weight is 540 g/mol. The summed E-state index contributed by atoms with van der Waals surface area (Å²) >= 11 is 0. The lowest BCUT2D eigenvalue weighted by atomic mass is 9.74. The van der Waals surface area contributed by atoms with E-state index in [9.17, 15) is 27.3 Å². The molecule has 11 heteroatoms. The lowest BCUT2D eigenvalue weighted by Crippen LogP contribution is -2.50. The lowest BCUT2D eigenvalue weighted by molar-refractivity contribution is 0.0698. The Morgan fingerprint density at radius 3 is 2.29 bits per heavy atom. The van der Waals surface area contributed by atoms with Gasteiger partial charge in [-0.3, -0.25) is 9.78 Å². The van der Waals surface area contributed by atoms with E-state index in [1.807, 2.05) is 35.2 Å². The molecule has 8 nitrogen and oxygen atoms in total. The van der Waals surface area contributed by atoms with Crippen LogP contribution < -0.4 is 4.90 Å². The summed E-state index contributed by atoms with van der Waals surface area (Å²) < 4.78 is 54.2. The first kappa shape index (κ1) is 26.0. The van der Waals surface area contributed by atoms with E-state index in [-0.39, 0.29) is 48.6 Å². The van der Waals surface area contributed by atoms with E-state index in [4.69, 9.17) is 0 Å². The van der Waals surface area contributed by atoms with Gasteiger partial charge in [0, 0.05) is 56.9 Å². The van der Waals surface area contributed by atoms with Gasteiger partial charge in [0.1, 0.15) is 11.3 Å². The van der Waals surface area contributed by atoms with Crippen LogP contribution in [0.15, 0.2) is 48.7 Å². The van der Waals surface area contributed by atoms with Crippen LogP contribution in [0.1, 0.15) is 28.8 Å². The van der Waals surface area contributed by atoms with Crippen LogP contribution in [0.3, 0.4) is 0 Å². The highest BCUT2D eigenvalue weighted by Gasteiger charge is 2.38. The molecule has 38 heavy (non-hydrogen) atoms. The Bertz CT molecular complexity index is 1530. The summed E-state index contributed by atoms with van der Waals surface area (Å²) in [5.41, 5.74) is 0.741. The molecule has 2 saturated heterocycles. The largest absolute Gasteiger partial charge is 0.370 e. The molecule has 3 aromatic rings. The molecule has 0 spiro atoms. The van der Waals surface area contributed by atoms with Crippen LogP contribution in [0.25, 0.3) is 10.9 Å². The van der Waals surface area contributed by atoms with Gasteiger partial charge in [-0.25, -0.2) is 17.2 Å². The summed E-state index contributed by atoms with van der Waals surface area (Å²) in [6, 6.07) is 14.0. The van der Waals surface area contributed by atoms with Gasteiger partial charge in [-0.05, 0) is 24.5 Å². The van der Waals surface area contributed by atoms with Crippen molar-refractivity contribution in [3.63, 3.8) is 0 Å². The minimum atomic E-state index is -3.37. The van der Waals surface area contributed by atoms with E-state index in [0.717, 1.165) is 17.9 Å². The van der Waals surface area contributed by atoms with Gasteiger partial charge in [-0.2, -0.15) is 9.57 Å². The molecule has 2 aliphatic rings. The molecule has 0 N–H and O–H groups in total. The molecule has 1 amide bonds. The molecule has 0 aliphatic carbocycles. The summed E-state index contributed by atoms with van der Waals surface area (Å²) in [5, 5.41) is 10.3. The van der Waals surface area contributed by atoms with Gasteiger partial charge < -0.3 is 9.80 Å². The number of fused-ring (bicyclic) bond motifs is 1. The fourth-order valence-electron chi connectivity index (χ4n) is 5.44. The second kappa shape index (κ2) is 9.93. The number of rotatable bonds is 4. The first-order chi connectivity index (χ1) is 18.1. The maximum Gasteiger partial charge on any atom is 0.257 e. The molecule has 0 saturated carbocycles. The van der Waals surface area contributed by atoms with Crippen molar-refractivity contribution in [1.82, 2.24) is 14.2 Å².